The lowest BCUT2D eigenvalue weighted by Crippen LogP contribution is -2.50. The highest BCUT2D eigenvalue weighted by Crippen LogP contribution is 2.54. The molecule has 28 heteroatoms. The van der Waals surface area contributed by atoms with Crippen molar-refractivity contribution in [2.45, 2.75) is 107 Å². The van der Waals surface area contributed by atoms with E-state index in [2.05, 4.69) is 63.1 Å². The van der Waals surface area contributed by atoms with Crippen LogP contribution >= 0.6 is 15.2 Å². The number of halogens is 2. The van der Waals surface area contributed by atoms with Crippen LogP contribution in [0.2, 0.25) is 0 Å². The van der Waals surface area contributed by atoms with Crippen LogP contribution in [-0.2, 0) is 44.9 Å². The smallest absolute Gasteiger partial charge is 0.261 e. The van der Waals surface area contributed by atoms with Gasteiger partial charge < -0.3 is 38.2 Å². The van der Waals surface area contributed by atoms with E-state index in [1.165, 1.54) is 34.4 Å². The molecular weight excluding hydrogens is 1250 g/mol. The number of hydrogen-bond acceptors (Lipinski definition) is 19. The summed E-state index contributed by atoms with van der Waals surface area (Å²) < 4.78 is 81.3. The minimum Gasteiger partial charge on any atom is -0.347 e. The van der Waals surface area contributed by atoms with Crippen molar-refractivity contribution in [1.29, 1.82) is 10.5 Å². The first kappa shape index (κ1) is 66.2. The molecule has 93 heavy (non-hydrogen) atoms. The molecule has 11 rings (SSSR count). The van der Waals surface area contributed by atoms with Crippen molar-refractivity contribution >= 4 is 72.8 Å². The Morgan fingerprint density at radius 1 is 0.634 bits per heavy atom. The maximum atomic E-state index is 18.5. The Morgan fingerprint density at radius 2 is 1.06 bits per heavy atom. The van der Waals surface area contributed by atoms with Gasteiger partial charge in [0.05, 0.1) is 56.4 Å². The van der Waals surface area contributed by atoms with E-state index in [1.54, 1.807) is 60.7 Å². The van der Waals surface area contributed by atoms with E-state index in [0.29, 0.717) is 11.1 Å². The van der Waals surface area contributed by atoms with Crippen molar-refractivity contribution in [2.24, 2.45) is 0 Å². The lowest BCUT2D eigenvalue weighted by molar-refractivity contribution is -0.0231. The number of benzene rings is 5. The fraction of sp³-hybridized carbons (Fsp3) is 0.323. The summed E-state index contributed by atoms with van der Waals surface area (Å²) in [5.74, 6) is -0.789. The molecule has 0 saturated carbocycles. The summed E-state index contributed by atoms with van der Waals surface area (Å²) in [6, 6.07) is 50.3. The molecule has 2 fully saturated rings. The zero-order valence-corrected chi connectivity index (χ0v) is 53.6. The van der Waals surface area contributed by atoms with Crippen LogP contribution in [0.1, 0.15) is 90.4 Å². The van der Waals surface area contributed by atoms with E-state index in [-0.39, 0.29) is 85.2 Å². The van der Waals surface area contributed by atoms with Crippen molar-refractivity contribution in [2.75, 3.05) is 36.9 Å². The van der Waals surface area contributed by atoms with E-state index in [9.17, 15) is 20.1 Å². The maximum absolute atomic E-state index is 18.5. The van der Waals surface area contributed by atoms with E-state index in [4.69, 9.17) is 39.4 Å². The minimum absolute atomic E-state index is 0.0205. The van der Waals surface area contributed by atoms with Gasteiger partial charge in [-0.2, -0.15) is 10.5 Å². The highest BCUT2D eigenvalue weighted by atomic mass is 32.5. The van der Waals surface area contributed by atoms with Crippen molar-refractivity contribution in [3.63, 3.8) is 0 Å². The van der Waals surface area contributed by atoms with Gasteiger partial charge in [-0.25, -0.2) is 48.4 Å². The molecule has 2 amide bonds. The number of hydrogen-bond donors (Lipinski definition) is 4. The van der Waals surface area contributed by atoms with Gasteiger partial charge in [-0.3, -0.25) is 24.0 Å². The Kier molecular flexibility index (Phi) is 21.5. The number of nitrogens with one attached hydrogen (secondary N) is 4. The summed E-state index contributed by atoms with van der Waals surface area (Å²) in [6.45, 7) is 2.92. The Morgan fingerprint density at radius 3 is 1.52 bits per heavy atom. The first-order valence-corrected chi connectivity index (χ1v) is 33.9. The number of nitrogens with zero attached hydrogens (tertiary/aromatic N) is 11. The van der Waals surface area contributed by atoms with Crippen LogP contribution in [0.4, 0.5) is 20.4 Å². The van der Waals surface area contributed by atoms with Crippen LogP contribution in [0, 0.1) is 22.7 Å². The lowest BCUT2D eigenvalue weighted by Gasteiger charge is -2.38. The number of fused-ring (bicyclic) bond motifs is 2. The van der Waals surface area contributed by atoms with Gasteiger partial charge in [0.15, 0.2) is 58.8 Å². The molecule has 4 aromatic heterocycles. The number of imidazole rings is 2. The largest absolute Gasteiger partial charge is 0.347 e. The van der Waals surface area contributed by atoms with Gasteiger partial charge in [0, 0.05) is 36.3 Å². The van der Waals surface area contributed by atoms with Gasteiger partial charge in [0.25, 0.3) is 27.0 Å². The Balaban J connectivity index is 0.957. The average molecular weight is 1320 g/mol. The summed E-state index contributed by atoms with van der Waals surface area (Å²) in [6.07, 6.45) is -7.57. The second-order valence-electron chi connectivity index (χ2n) is 22.3. The lowest BCUT2D eigenvalue weighted by atomic mass is 9.77. The fourth-order valence-electron chi connectivity index (χ4n) is 11.4. The summed E-state index contributed by atoms with van der Waals surface area (Å²) in [5.41, 5.74) is 2.74. The van der Waals surface area contributed by atoms with Crippen LogP contribution < -0.4 is 21.0 Å². The quantitative estimate of drug-likeness (QED) is 0.0201. The van der Waals surface area contributed by atoms with Gasteiger partial charge in [-0.15, -0.1) is 0 Å². The molecule has 2 saturated heterocycles. The molecule has 6 heterocycles. The van der Waals surface area contributed by atoms with Crippen LogP contribution in [-0.4, -0.2) is 131 Å². The molecule has 10 atom stereocenters. The highest BCUT2D eigenvalue weighted by molar-refractivity contribution is 8.09. The van der Waals surface area contributed by atoms with Gasteiger partial charge >= 0.3 is 0 Å². The van der Waals surface area contributed by atoms with Crippen molar-refractivity contribution in [3.8, 4) is 12.1 Å². The third kappa shape index (κ3) is 14.6. The average Bonchev–Trinajstić information content (AvgIpc) is 1.76. The summed E-state index contributed by atoms with van der Waals surface area (Å²) in [5, 5.41) is 32.1. The number of alkyl halides is 2. The number of carbonyl (C=O) groups is 2. The van der Waals surface area contributed by atoms with Crippen LogP contribution in [0.25, 0.3) is 22.3 Å². The number of ether oxygens (including phenoxy) is 2. The first-order valence-electron chi connectivity index (χ1n) is 30.1. The summed E-state index contributed by atoms with van der Waals surface area (Å²) in [7, 11) is -2.11. The normalized spacial score (nSPS) is 20.8. The number of carbonyl (C=O) groups excluding carboxylic acids is 2. The van der Waals surface area contributed by atoms with E-state index < -0.39 is 81.7 Å². The standard InChI is InChI=1S/C65H67F2N15O8P2S/c1-42(2)82(43(3)4)91(85-34-20-32-68)89-55-50(88-63(51(55)66)80-40-74-53-57(70-38-72-59(53)80)78-61(83)44-22-10-5-11-23-44)37-77-92(93,86-35-21-33-69)90-56-49(36-76-65(46-26-14-7-15-27-46,47-28-16-8-17-29-47)48-30-18-9-19-31-48)87-64(52(56)67)81-41-75-54-58(71-39-73-60(54)81)79-62(84)45-24-12-6-13-25-45/h5-19,22-31,38-43,49-52,55-56,63-64,76H,20-21,34-37H2,1-4H3,(H,77,93)(H,70,72,78,83)(H,71,73,79,84)/t49-,50-,51-,52-,55-,56-,63-,64-,91?,92?/m1/s1. The molecule has 0 bridgehead atoms. The highest BCUT2D eigenvalue weighted by Gasteiger charge is 2.53. The third-order valence-corrected chi connectivity index (χ3v) is 20.3. The molecule has 5 aromatic carbocycles. The number of nitriles is 2. The molecule has 4 N–H and O–H groups in total. The number of rotatable bonds is 28. The summed E-state index contributed by atoms with van der Waals surface area (Å²) >= 11 is 6.39. The number of aromatic nitrogens is 8. The molecule has 2 unspecified atom stereocenters. The molecule has 2 aliphatic rings. The Hall–Kier alpha value is -8.30. The first-order chi connectivity index (χ1) is 45.2. The third-order valence-electron chi connectivity index (χ3n) is 15.6. The number of anilines is 2. The van der Waals surface area contributed by atoms with Crippen LogP contribution in [0.3, 0.4) is 0 Å². The fourth-order valence-corrected chi connectivity index (χ4v) is 15.5. The zero-order valence-electron chi connectivity index (χ0n) is 51.0. The van der Waals surface area contributed by atoms with Gasteiger partial charge in [0.2, 0.25) is 0 Å². The predicted molar refractivity (Wildman–Crippen MR) is 348 cm³/mol. The van der Waals surface area contributed by atoms with Crippen LogP contribution in [0.15, 0.2) is 177 Å². The van der Waals surface area contributed by atoms with Crippen molar-refractivity contribution in [1.82, 2.24) is 54.1 Å². The Bertz CT molecular complexity index is 4020. The molecular formula is C65H67F2N15O8P2S. The topological polar surface area (TPSA) is 276 Å². The van der Waals surface area contributed by atoms with Crippen molar-refractivity contribution in [3.05, 3.63) is 205 Å². The minimum atomic E-state index is -4.11. The van der Waals surface area contributed by atoms with Crippen LogP contribution in [0.5, 0.6) is 0 Å². The van der Waals surface area contributed by atoms with E-state index >= 15 is 8.78 Å². The molecule has 0 spiro atoms. The molecule has 0 aliphatic carbocycles. The van der Waals surface area contributed by atoms with E-state index in [1.807, 2.05) is 123 Å². The second kappa shape index (κ2) is 30.2. The zero-order chi connectivity index (χ0) is 65.1. The summed E-state index contributed by atoms with van der Waals surface area (Å²) in [4.78, 5) is 53.5. The molecule has 2 aliphatic heterocycles. The number of amides is 2. The molecule has 480 valence electrons. The Labute approximate surface area is 542 Å². The van der Waals surface area contributed by atoms with Gasteiger partial charge in [0.1, 0.15) is 37.1 Å². The van der Waals surface area contributed by atoms with E-state index in [0.717, 1.165) is 16.7 Å². The van der Waals surface area contributed by atoms with Gasteiger partial charge in [-0.05, 0) is 80.5 Å². The monoisotopic (exact) mass is 1320 g/mol. The maximum Gasteiger partial charge on any atom is 0.261 e. The second-order valence-corrected chi connectivity index (χ2v) is 26.9. The van der Waals surface area contributed by atoms with Gasteiger partial charge in [-0.1, -0.05) is 127 Å². The molecule has 23 nitrogen and oxygen atoms in total. The van der Waals surface area contributed by atoms with Crippen molar-refractivity contribution < 1.29 is 45.9 Å². The molecule has 9 aromatic rings. The predicted octanol–water partition coefficient (Wildman–Crippen LogP) is 11.0. The SMILES string of the molecule is CC(C)N(C(C)C)P(OCCC#N)O[C@H]1[C@@H](F)[C@H](n2cnc3c(NC(=O)c4ccccc4)ncnc32)O[C@@H]1CNP(=S)(OCCC#N)O[C@H]1[C@@H](F)[C@H](n2cnc3c(NC(=O)c4ccccc4)ncnc32)O[C@@H]1CNC(c1ccccc1)(c1ccccc1)c1ccccc1. The molecule has 0 radical (unpaired) electrons.